The van der Waals surface area contributed by atoms with Crippen molar-refractivity contribution >= 4 is 17.9 Å². The molecule has 0 aliphatic carbocycles. The smallest absolute Gasteiger partial charge is 0.117 e. The summed E-state index contributed by atoms with van der Waals surface area (Å²) in [5.74, 6) is 0.257. The fourth-order valence-electron chi connectivity index (χ4n) is 1.44. The highest BCUT2D eigenvalue weighted by Gasteiger charge is 2.28. The second-order valence-corrected chi connectivity index (χ2v) is 3.75. The first-order valence-corrected chi connectivity index (χ1v) is 5.68. The number of hydrogen-bond donors (Lipinski definition) is 3. The Kier molecular flexibility index (Phi) is 6.56. The maximum atomic E-state index is 7.62. The molecule has 5 nitrogen and oxygen atoms in total. The van der Waals surface area contributed by atoms with E-state index in [0.717, 1.165) is 0 Å². The van der Waals surface area contributed by atoms with Crippen molar-refractivity contribution in [1.29, 1.82) is 5.41 Å². The summed E-state index contributed by atoms with van der Waals surface area (Å²) in [6.45, 7) is 9.80. The van der Waals surface area contributed by atoms with Crippen molar-refractivity contribution < 1.29 is 0 Å². The molecule has 0 aromatic carbocycles. The first-order valence-electron chi connectivity index (χ1n) is 5.68. The molecule has 0 aromatic rings. The molecule has 0 radical (unpaired) electrons. The van der Waals surface area contributed by atoms with Gasteiger partial charge in [0.05, 0.1) is 5.92 Å². The molecular formula is C11H23N5. The molecule has 1 rings (SSSR count). The molecule has 0 fully saturated rings. The maximum absolute atomic E-state index is 7.62. The van der Waals surface area contributed by atoms with Gasteiger partial charge in [-0.25, -0.2) is 4.99 Å². The summed E-state index contributed by atoms with van der Waals surface area (Å²) >= 11 is 0. The molecule has 2 atom stereocenters. The van der Waals surface area contributed by atoms with E-state index in [-0.39, 0.29) is 12.1 Å². The fraction of sp³-hybridized carbons (Fsp3) is 0.727. The minimum Gasteiger partial charge on any atom is -0.386 e. The lowest BCUT2D eigenvalue weighted by atomic mass is 9.98. The average Bonchev–Trinajstić information content (AvgIpc) is 2.19. The van der Waals surface area contributed by atoms with Crippen molar-refractivity contribution in [3.8, 4) is 0 Å². The second-order valence-electron chi connectivity index (χ2n) is 3.75. The van der Waals surface area contributed by atoms with Gasteiger partial charge in [-0.3, -0.25) is 10.3 Å². The van der Waals surface area contributed by atoms with E-state index in [1.54, 1.807) is 6.92 Å². The van der Waals surface area contributed by atoms with E-state index in [2.05, 4.69) is 15.3 Å². The molecule has 92 valence electrons. The van der Waals surface area contributed by atoms with Crippen LogP contribution in [-0.4, -0.2) is 30.1 Å². The summed E-state index contributed by atoms with van der Waals surface area (Å²) in [7, 11) is 0. The Balaban J connectivity index is 0.00000106. The first-order chi connectivity index (χ1) is 7.52. The molecule has 4 N–H and O–H groups in total. The zero-order chi connectivity index (χ0) is 12.7. The Hall–Kier alpha value is -1.23. The van der Waals surface area contributed by atoms with Crippen LogP contribution in [0.15, 0.2) is 9.98 Å². The third-order valence-corrected chi connectivity index (χ3v) is 2.04. The van der Waals surface area contributed by atoms with Crippen molar-refractivity contribution in [2.24, 2.45) is 21.6 Å². The summed E-state index contributed by atoms with van der Waals surface area (Å²) < 4.78 is 0. The number of nitrogens with zero attached hydrogens (tertiary/aromatic N) is 2. The zero-order valence-electron chi connectivity index (χ0n) is 10.8. The van der Waals surface area contributed by atoms with Gasteiger partial charge in [-0.05, 0) is 20.8 Å². The molecule has 5 heteroatoms. The van der Waals surface area contributed by atoms with Crippen LogP contribution in [-0.2, 0) is 0 Å². The van der Waals surface area contributed by atoms with Crippen LogP contribution in [0.25, 0.3) is 0 Å². The molecule has 0 amide bonds. The molecule has 2 unspecified atom stereocenters. The van der Waals surface area contributed by atoms with Crippen molar-refractivity contribution in [1.82, 2.24) is 5.32 Å². The summed E-state index contributed by atoms with van der Waals surface area (Å²) in [6.07, 6.45) is 1.31. The summed E-state index contributed by atoms with van der Waals surface area (Å²) in [6, 6.07) is 0.310. The topological polar surface area (TPSA) is 86.6 Å². The van der Waals surface area contributed by atoms with Gasteiger partial charge in [0.1, 0.15) is 18.3 Å². The van der Waals surface area contributed by atoms with Crippen molar-refractivity contribution in [3.05, 3.63) is 0 Å². The number of hydrogen-bond acceptors (Lipinski definition) is 5. The summed E-state index contributed by atoms with van der Waals surface area (Å²) in [5, 5.41) is 10.9. The molecule has 1 heterocycles. The molecule has 0 saturated heterocycles. The van der Waals surface area contributed by atoms with Gasteiger partial charge in [0.15, 0.2) is 0 Å². The molecule has 1 aliphatic rings. The third-order valence-electron chi connectivity index (χ3n) is 2.04. The van der Waals surface area contributed by atoms with Crippen LogP contribution in [0.2, 0.25) is 0 Å². The van der Waals surface area contributed by atoms with E-state index in [9.17, 15) is 0 Å². The van der Waals surface area contributed by atoms with Crippen LogP contribution in [0, 0.1) is 11.3 Å². The number of aliphatic imine (C=N–C) groups is 2. The molecular weight excluding hydrogens is 202 g/mol. The number of amidine groups is 1. The van der Waals surface area contributed by atoms with Crippen LogP contribution in [0.3, 0.4) is 0 Å². The summed E-state index contributed by atoms with van der Waals surface area (Å²) in [4.78, 5) is 8.09. The first kappa shape index (κ1) is 14.8. The van der Waals surface area contributed by atoms with Gasteiger partial charge in [0.2, 0.25) is 0 Å². The highest BCUT2D eigenvalue weighted by atomic mass is 15.1. The number of rotatable bonds is 3. The van der Waals surface area contributed by atoms with Gasteiger partial charge >= 0.3 is 0 Å². The van der Waals surface area contributed by atoms with E-state index >= 15 is 0 Å². The Morgan fingerprint density at radius 3 is 2.50 bits per heavy atom. The molecule has 1 aliphatic heterocycles. The monoisotopic (exact) mass is 225 g/mol. The van der Waals surface area contributed by atoms with E-state index in [1.807, 2.05) is 27.7 Å². The largest absolute Gasteiger partial charge is 0.386 e. The minimum absolute atomic E-state index is 0.148. The molecule has 0 bridgehead atoms. The predicted molar refractivity (Wildman–Crippen MR) is 70.4 cm³/mol. The normalized spacial score (nSPS) is 23.5. The van der Waals surface area contributed by atoms with E-state index in [0.29, 0.717) is 17.6 Å². The Labute approximate surface area is 97.8 Å². The highest BCUT2D eigenvalue weighted by Crippen LogP contribution is 2.11. The minimum atomic E-state index is -0.206. The van der Waals surface area contributed by atoms with Crippen molar-refractivity contribution in [3.63, 3.8) is 0 Å². The van der Waals surface area contributed by atoms with Gasteiger partial charge in [-0.1, -0.05) is 13.8 Å². The van der Waals surface area contributed by atoms with Crippen LogP contribution in [0.5, 0.6) is 0 Å². The summed E-state index contributed by atoms with van der Waals surface area (Å²) in [5.41, 5.74) is 6.21. The zero-order valence-corrected chi connectivity index (χ0v) is 10.8. The predicted octanol–water partition coefficient (Wildman–Crippen LogP) is 1.39. The average molecular weight is 225 g/mol. The standard InChI is InChI=1S/C9H17N5.C2H6/c1-5(2)14-9-7(6(3)10)8(11)12-4-13-9;1-2/h4-5,7,9-10,14H,1-3H3,(H2,11,12,13);1-2H3. The molecule has 0 aromatic heterocycles. The number of nitrogens with one attached hydrogen (secondary N) is 2. The van der Waals surface area contributed by atoms with E-state index in [4.69, 9.17) is 11.1 Å². The number of nitrogens with two attached hydrogens (primary N) is 1. The fourth-order valence-corrected chi connectivity index (χ4v) is 1.44. The lowest BCUT2D eigenvalue weighted by molar-refractivity contribution is 0.449. The van der Waals surface area contributed by atoms with E-state index in [1.165, 1.54) is 6.34 Å². The van der Waals surface area contributed by atoms with Crippen LogP contribution >= 0.6 is 0 Å². The van der Waals surface area contributed by atoms with Crippen molar-refractivity contribution in [2.75, 3.05) is 0 Å². The van der Waals surface area contributed by atoms with Gasteiger partial charge < -0.3 is 11.1 Å². The SMILES string of the molecule is CC.CC(=N)C1C(N)=NC=NC1NC(C)C. The molecule has 0 spiro atoms. The van der Waals surface area contributed by atoms with Gasteiger partial charge in [0, 0.05) is 11.8 Å². The Morgan fingerprint density at radius 1 is 1.50 bits per heavy atom. The molecule has 16 heavy (non-hydrogen) atoms. The second kappa shape index (κ2) is 7.11. The quantitative estimate of drug-likeness (QED) is 0.634. The van der Waals surface area contributed by atoms with Gasteiger partial charge in [-0.15, -0.1) is 0 Å². The third kappa shape index (κ3) is 4.10. The lowest BCUT2D eigenvalue weighted by Gasteiger charge is -2.27. The lowest BCUT2D eigenvalue weighted by Crippen LogP contribution is -2.48. The Morgan fingerprint density at radius 2 is 2.06 bits per heavy atom. The highest BCUT2D eigenvalue weighted by molar-refractivity contribution is 6.07. The van der Waals surface area contributed by atoms with Gasteiger partial charge in [-0.2, -0.15) is 0 Å². The molecule has 0 saturated carbocycles. The Bertz CT molecular complexity index is 280. The van der Waals surface area contributed by atoms with Crippen LogP contribution < -0.4 is 11.1 Å². The van der Waals surface area contributed by atoms with Crippen molar-refractivity contribution in [2.45, 2.75) is 46.8 Å². The van der Waals surface area contributed by atoms with Gasteiger partial charge in [0.25, 0.3) is 0 Å². The van der Waals surface area contributed by atoms with Crippen LogP contribution in [0.1, 0.15) is 34.6 Å². The van der Waals surface area contributed by atoms with Crippen LogP contribution in [0.4, 0.5) is 0 Å². The van der Waals surface area contributed by atoms with E-state index < -0.39 is 0 Å². The maximum Gasteiger partial charge on any atom is 0.117 e.